The zero-order valence-electron chi connectivity index (χ0n) is 24.3. The first-order chi connectivity index (χ1) is 20.1. The normalized spacial score (nSPS) is 15.3. The number of para-hydroxylation sites is 1. The minimum Gasteiger partial charge on any atom is -0.434 e. The van der Waals surface area contributed by atoms with Gasteiger partial charge in [-0.1, -0.05) is 30.4 Å². The molecule has 2 aliphatic rings. The molecule has 2 aliphatic heterocycles. The first kappa shape index (κ1) is 31.3. The molecule has 0 unspecified atom stereocenters. The highest BCUT2D eigenvalue weighted by Crippen LogP contribution is 2.50. The number of carbonyl (C=O) groups is 2. The summed E-state index contributed by atoms with van der Waals surface area (Å²) in [4.78, 5) is 30.5. The summed E-state index contributed by atoms with van der Waals surface area (Å²) >= 11 is 0. The molecule has 0 saturated carbocycles. The molecule has 0 aliphatic carbocycles. The van der Waals surface area contributed by atoms with Gasteiger partial charge in [0.1, 0.15) is 6.73 Å². The number of likely N-dealkylation sites (N-methyl/N-ethyl adjacent to an activating group) is 1. The number of hydrogen-bond donors (Lipinski definition) is 0. The van der Waals surface area contributed by atoms with E-state index >= 15 is 0 Å². The summed E-state index contributed by atoms with van der Waals surface area (Å²) in [5.74, 6) is -1.26. The Hall–Kier alpha value is -3.67. The maximum atomic E-state index is 13.6. The molecule has 13 heteroatoms. The lowest BCUT2D eigenvalue weighted by Gasteiger charge is -2.20. The molecule has 2 aromatic rings. The number of carbonyl (C=O) groups excluding carboxylic acids is 2. The Bertz CT molecular complexity index is 1390. The molecule has 0 atom stereocenters. The Morgan fingerprint density at radius 1 is 0.881 bits per heavy atom. The van der Waals surface area contributed by atoms with Gasteiger partial charge >= 0.3 is 19.8 Å². The summed E-state index contributed by atoms with van der Waals surface area (Å²) in [6.07, 6.45) is 14.0. The van der Waals surface area contributed by atoms with Gasteiger partial charge in [0.2, 0.25) is 13.6 Å². The first-order valence-corrected chi connectivity index (χ1v) is 14.9. The lowest BCUT2D eigenvalue weighted by Crippen LogP contribution is -2.17. The van der Waals surface area contributed by atoms with Crippen molar-refractivity contribution >= 4 is 30.7 Å². The molecule has 42 heavy (non-hydrogen) atoms. The number of esters is 2. The van der Waals surface area contributed by atoms with Crippen molar-refractivity contribution in [2.45, 2.75) is 26.0 Å². The lowest BCUT2D eigenvalue weighted by molar-refractivity contribution is -0.149. The van der Waals surface area contributed by atoms with Crippen LogP contribution in [0.3, 0.4) is 0 Å². The van der Waals surface area contributed by atoms with Gasteiger partial charge in [-0.25, -0.2) is 23.2 Å². The summed E-state index contributed by atoms with van der Waals surface area (Å²) in [6.45, 7) is -0.740. The standard InChI is InChI=1S/C29H37N4O8P/c1-30(2)16-13-23-19-33(27-12-6-5-11-26(23)27)20-39-42(36,40-21-37-28(34)24-9-7-14-31(3)17-24)41-22-38-29(35)25-10-8-15-32(4)18-25/h5-8,11-12,14-15,17-19H,9-10,13,16,20-22H2,1-4H3. The molecule has 0 saturated heterocycles. The van der Waals surface area contributed by atoms with E-state index in [1.807, 2.05) is 69.1 Å². The molecule has 0 N–H and O–H groups in total. The number of nitrogens with zero attached hydrogens (tertiary/aromatic N) is 4. The van der Waals surface area contributed by atoms with Crippen LogP contribution in [0.25, 0.3) is 10.9 Å². The van der Waals surface area contributed by atoms with Gasteiger partial charge in [0, 0.05) is 57.5 Å². The zero-order valence-corrected chi connectivity index (χ0v) is 25.2. The van der Waals surface area contributed by atoms with Crippen LogP contribution in [0.1, 0.15) is 18.4 Å². The fraction of sp³-hybridized carbons (Fsp3) is 0.379. The molecule has 0 radical (unpaired) electrons. The van der Waals surface area contributed by atoms with Crippen molar-refractivity contribution in [3.8, 4) is 0 Å². The summed E-state index contributed by atoms with van der Waals surface area (Å²) in [6, 6.07) is 7.80. The molecular weight excluding hydrogens is 563 g/mol. The Morgan fingerprint density at radius 2 is 1.45 bits per heavy atom. The van der Waals surface area contributed by atoms with Crippen LogP contribution in [0.15, 0.2) is 78.6 Å². The van der Waals surface area contributed by atoms with Gasteiger partial charge in [-0.3, -0.25) is 4.52 Å². The summed E-state index contributed by atoms with van der Waals surface area (Å²) in [5, 5.41) is 1.04. The van der Waals surface area contributed by atoms with Gasteiger partial charge in [-0.05, 0) is 44.5 Å². The zero-order chi connectivity index (χ0) is 30.1. The lowest BCUT2D eigenvalue weighted by atomic mass is 10.1. The number of allylic oxidation sites excluding steroid dienone is 2. The highest BCUT2D eigenvalue weighted by Gasteiger charge is 2.30. The highest BCUT2D eigenvalue weighted by atomic mass is 31.2. The van der Waals surface area contributed by atoms with Crippen LogP contribution in [0.4, 0.5) is 0 Å². The van der Waals surface area contributed by atoms with E-state index in [2.05, 4.69) is 4.90 Å². The number of fused-ring (bicyclic) bond motifs is 1. The molecule has 4 rings (SSSR count). The van der Waals surface area contributed by atoms with E-state index in [1.54, 1.807) is 40.9 Å². The SMILES string of the molecule is CN1C=CCC(C(=O)OCOP(=O)(OCOC(=O)C2=CN(C)C=CC2)OCn2cc(CCN(C)C)c3ccccc32)=C1. The van der Waals surface area contributed by atoms with Crippen molar-refractivity contribution in [1.82, 2.24) is 19.3 Å². The Kier molecular flexibility index (Phi) is 10.8. The molecule has 1 aromatic heterocycles. The molecule has 0 bridgehead atoms. The van der Waals surface area contributed by atoms with E-state index < -0.39 is 33.3 Å². The second-order valence-electron chi connectivity index (χ2n) is 10.1. The second kappa shape index (κ2) is 14.5. The van der Waals surface area contributed by atoms with Crippen LogP contribution in [0, 0.1) is 0 Å². The molecule has 0 spiro atoms. The minimum atomic E-state index is -4.37. The first-order valence-electron chi connectivity index (χ1n) is 13.4. The van der Waals surface area contributed by atoms with E-state index in [4.69, 9.17) is 23.0 Å². The third-order valence-electron chi connectivity index (χ3n) is 6.46. The minimum absolute atomic E-state index is 0.191. The van der Waals surface area contributed by atoms with Crippen LogP contribution in [0.5, 0.6) is 0 Å². The average Bonchev–Trinajstić information content (AvgIpc) is 3.32. The Labute approximate surface area is 245 Å². The number of rotatable bonds is 14. The van der Waals surface area contributed by atoms with Crippen LogP contribution in [-0.2, 0) is 50.4 Å². The van der Waals surface area contributed by atoms with Gasteiger partial charge in [0.05, 0.1) is 16.7 Å². The maximum absolute atomic E-state index is 13.6. The van der Waals surface area contributed by atoms with Gasteiger partial charge in [0.25, 0.3) is 0 Å². The molecular formula is C29H37N4O8P. The molecule has 1 aromatic carbocycles. The highest BCUT2D eigenvalue weighted by molar-refractivity contribution is 7.48. The largest absolute Gasteiger partial charge is 0.482 e. The Morgan fingerprint density at radius 3 is 2.00 bits per heavy atom. The molecule has 226 valence electrons. The monoisotopic (exact) mass is 600 g/mol. The number of aromatic nitrogens is 1. The van der Waals surface area contributed by atoms with Gasteiger partial charge in [-0.15, -0.1) is 0 Å². The van der Waals surface area contributed by atoms with Crippen molar-refractivity contribution in [3.63, 3.8) is 0 Å². The van der Waals surface area contributed by atoms with Crippen molar-refractivity contribution in [2.24, 2.45) is 0 Å². The second-order valence-corrected chi connectivity index (χ2v) is 11.7. The molecule has 3 heterocycles. The van der Waals surface area contributed by atoms with Crippen LogP contribution < -0.4 is 0 Å². The number of benzene rings is 1. The van der Waals surface area contributed by atoms with E-state index in [9.17, 15) is 14.2 Å². The van der Waals surface area contributed by atoms with Gasteiger partial charge in [-0.2, -0.15) is 0 Å². The van der Waals surface area contributed by atoms with Crippen LogP contribution >= 0.6 is 7.82 Å². The number of phosphoric ester groups is 1. The van der Waals surface area contributed by atoms with Crippen molar-refractivity contribution in [3.05, 3.63) is 84.1 Å². The average molecular weight is 601 g/mol. The number of ether oxygens (including phenoxy) is 2. The smallest absolute Gasteiger partial charge is 0.434 e. The third kappa shape index (κ3) is 8.67. The van der Waals surface area contributed by atoms with Crippen molar-refractivity contribution in [1.29, 1.82) is 0 Å². The fourth-order valence-corrected chi connectivity index (χ4v) is 5.19. The summed E-state index contributed by atoms with van der Waals surface area (Å²) in [5.41, 5.74) is 2.77. The van der Waals surface area contributed by atoms with Crippen molar-refractivity contribution in [2.75, 3.05) is 48.3 Å². The third-order valence-corrected chi connectivity index (χ3v) is 7.73. The predicted octanol–water partition coefficient (Wildman–Crippen LogP) is 4.33. The molecule has 0 fully saturated rings. The summed E-state index contributed by atoms with van der Waals surface area (Å²) in [7, 11) is 3.21. The van der Waals surface area contributed by atoms with Crippen LogP contribution in [0.2, 0.25) is 0 Å². The summed E-state index contributed by atoms with van der Waals surface area (Å²) < 4.78 is 42.1. The van der Waals surface area contributed by atoms with Crippen LogP contribution in [-0.4, -0.2) is 79.5 Å². The van der Waals surface area contributed by atoms with Gasteiger partial charge < -0.3 is 28.7 Å². The quantitative estimate of drug-likeness (QED) is 0.176. The molecule has 0 amide bonds. The van der Waals surface area contributed by atoms with E-state index in [0.717, 1.165) is 29.4 Å². The number of phosphoric acid groups is 1. The van der Waals surface area contributed by atoms with E-state index in [-0.39, 0.29) is 6.73 Å². The topological polar surface area (TPSA) is 112 Å². The van der Waals surface area contributed by atoms with Crippen molar-refractivity contribution < 1.29 is 37.2 Å². The molecule has 12 nitrogen and oxygen atoms in total. The number of hydrogen-bond acceptors (Lipinski definition) is 11. The van der Waals surface area contributed by atoms with Gasteiger partial charge in [0.15, 0.2) is 0 Å². The Balaban J connectivity index is 1.43. The van der Waals surface area contributed by atoms with E-state index in [0.29, 0.717) is 24.0 Å². The predicted molar refractivity (Wildman–Crippen MR) is 156 cm³/mol. The maximum Gasteiger partial charge on any atom is 0.482 e. The van der Waals surface area contributed by atoms with E-state index in [1.165, 1.54) is 0 Å². The fourth-order valence-electron chi connectivity index (χ4n) is 4.34.